The Hall–Kier alpha value is -1.77. The van der Waals surface area contributed by atoms with Crippen LogP contribution in [0.3, 0.4) is 0 Å². The van der Waals surface area contributed by atoms with Gasteiger partial charge in [-0.1, -0.05) is 60.7 Å². The van der Waals surface area contributed by atoms with Crippen molar-refractivity contribution in [2.45, 2.75) is 43.7 Å². The lowest BCUT2D eigenvalue weighted by Crippen LogP contribution is -2.33. The first-order chi connectivity index (χ1) is 13.5. The minimum Gasteiger partial charge on any atom is -0.394 e. The van der Waals surface area contributed by atoms with Gasteiger partial charge in [-0.15, -0.1) is 9.24 Å². The number of hydrogen-bond donors (Lipinski definition) is 2. The average molecular weight is 394 g/mol. The van der Waals surface area contributed by atoms with Crippen LogP contribution in [0.4, 0.5) is 0 Å². The van der Waals surface area contributed by atoms with Crippen molar-refractivity contribution >= 4 is 9.24 Å². The highest BCUT2D eigenvalue weighted by molar-refractivity contribution is 7.17. The normalized spacial score (nSPS) is 23.6. The number of benzene rings is 1. The molecule has 4 rings (SSSR count). The van der Waals surface area contributed by atoms with Crippen molar-refractivity contribution in [1.29, 1.82) is 0 Å². The summed E-state index contributed by atoms with van der Waals surface area (Å²) < 4.78 is 6.01. The molecule has 5 atom stereocenters. The van der Waals surface area contributed by atoms with Crippen LogP contribution in [-0.4, -0.2) is 29.0 Å². The van der Waals surface area contributed by atoms with Crippen LogP contribution in [0.25, 0.3) is 11.1 Å². The van der Waals surface area contributed by atoms with Gasteiger partial charge in [0.1, 0.15) is 0 Å². The fourth-order valence-electron chi connectivity index (χ4n) is 4.11. The molecule has 0 aromatic heterocycles. The number of aliphatic hydroxyl groups is 2. The van der Waals surface area contributed by atoms with E-state index in [0.717, 1.165) is 5.56 Å². The molecule has 146 valence electrons. The Morgan fingerprint density at radius 1 is 1.04 bits per heavy atom. The van der Waals surface area contributed by atoms with Gasteiger partial charge >= 0.3 is 0 Å². The molecule has 2 aliphatic carbocycles. The second-order valence-corrected chi connectivity index (χ2v) is 8.42. The number of fused-ring (bicyclic) bond motifs is 1. The minimum absolute atomic E-state index is 0.0595. The quantitative estimate of drug-likeness (QED) is 0.634. The highest BCUT2D eigenvalue weighted by Crippen LogP contribution is 2.40. The molecule has 3 aliphatic rings. The minimum atomic E-state index is -0.437. The SMILES string of the molecule is Cc1ccc(C2CC(O)CC(CO)O2)cc1C(P)c1cc2cccccc-2c1. The number of aryl methyl sites for hydroxylation is 1. The summed E-state index contributed by atoms with van der Waals surface area (Å²) in [6.07, 6.45) is 0.141. The summed E-state index contributed by atoms with van der Waals surface area (Å²) in [5, 5.41) is 19.6. The molecule has 0 bridgehead atoms. The Morgan fingerprint density at radius 2 is 1.75 bits per heavy atom. The van der Waals surface area contributed by atoms with Gasteiger partial charge in [0.2, 0.25) is 0 Å². The van der Waals surface area contributed by atoms with Gasteiger partial charge in [-0.05, 0) is 40.3 Å². The fourth-order valence-corrected chi connectivity index (χ4v) is 4.67. The van der Waals surface area contributed by atoms with Crippen LogP contribution < -0.4 is 0 Å². The molecule has 28 heavy (non-hydrogen) atoms. The maximum absolute atomic E-state index is 10.2. The Bertz CT molecular complexity index is 895. The highest BCUT2D eigenvalue weighted by Gasteiger charge is 2.29. The summed E-state index contributed by atoms with van der Waals surface area (Å²) in [7, 11) is 2.98. The van der Waals surface area contributed by atoms with Gasteiger partial charge in [0.15, 0.2) is 0 Å². The summed E-state index contributed by atoms with van der Waals surface area (Å²) in [6.45, 7) is 2.07. The lowest BCUT2D eigenvalue weighted by Gasteiger charge is -2.33. The first-order valence-corrected chi connectivity index (χ1v) is 10.5. The number of ether oxygens (including phenoxy) is 1. The van der Waals surface area contributed by atoms with E-state index in [-0.39, 0.29) is 24.5 Å². The molecule has 4 heteroatoms. The van der Waals surface area contributed by atoms with Crippen LogP contribution >= 0.6 is 9.24 Å². The Morgan fingerprint density at radius 3 is 2.43 bits per heavy atom. The molecule has 0 amide bonds. The summed E-state index contributed by atoms with van der Waals surface area (Å²) in [6, 6.07) is 21.4. The molecule has 3 nitrogen and oxygen atoms in total. The van der Waals surface area contributed by atoms with E-state index in [2.05, 4.69) is 70.8 Å². The molecule has 1 aromatic carbocycles. The van der Waals surface area contributed by atoms with Gasteiger partial charge < -0.3 is 14.9 Å². The van der Waals surface area contributed by atoms with E-state index in [4.69, 9.17) is 4.74 Å². The lowest BCUT2D eigenvalue weighted by atomic mass is 9.92. The van der Waals surface area contributed by atoms with Gasteiger partial charge in [-0.2, -0.15) is 0 Å². The average Bonchev–Trinajstić information content (AvgIpc) is 2.97. The Labute approximate surface area is 168 Å². The van der Waals surface area contributed by atoms with Crippen LogP contribution in [0.2, 0.25) is 0 Å². The molecule has 1 aromatic rings. The van der Waals surface area contributed by atoms with Crippen LogP contribution in [0, 0.1) is 6.92 Å². The van der Waals surface area contributed by atoms with Gasteiger partial charge in [0, 0.05) is 18.5 Å². The van der Waals surface area contributed by atoms with Crippen LogP contribution in [0.15, 0.2) is 60.7 Å². The second-order valence-electron chi connectivity index (χ2n) is 7.76. The smallest absolute Gasteiger partial charge is 0.0854 e. The van der Waals surface area contributed by atoms with E-state index in [1.165, 1.54) is 27.8 Å². The predicted molar refractivity (Wildman–Crippen MR) is 116 cm³/mol. The monoisotopic (exact) mass is 394 g/mol. The third kappa shape index (κ3) is 3.99. The van der Waals surface area contributed by atoms with Crippen LogP contribution in [-0.2, 0) is 4.74 Å². The Kier molecular flexibility index (Phi) is 5.80. The van der Waals surface area contributed by atoms with Crippen molar-refractivity contribution in [3.63, 3.8) is 0 Å². The summed E-state index contributed by atoms with van der Waals surface area (Å²) in [5.74, 6) is 0. The summed E-state index contributed by atoms with van der Waals surface area (Å²) >= 11 is 0. The standard InChI is InChI=1S/C24H27O3P/c1-15-7-8-18(23-13-20(26)12-21(14-25)27-23)11-22(15)24(28)19-9-16-5-3-2-4-6-17(16)10-19/h2-11,20-21,23-26H,12-14,28H2,1H3. The molecule has 1 aliphatic heterocycles. The zero-order chi connectivity index (χ0) is 19.7. The van der Waals surface area contributed by atoms with E-state index in [1.807, 2.05) is 6.07 Å². The van der Waals surface area contributed by atoms with E-state index in [1.54, 1.807) is 0 Å². The second kappa shape index (κ2) is 8.31. The summed E-state index contributed by atoms with van der Waals surface area (Å²) in [4.78, 5) is 0. The number of hydrogen-bond acceptors (Lipinski definition) is 3. The van der Waals surface area contributed by atoms with Crippen molar-refractivity contribution in [3.05, 3.63) is 82.9 Å². The predicted octanol–water partition coefficient (Wildman–Crippen LogP) is 4.64. The van der Waals surface area contributed by atoms with Crippen LogP contribution in [0.5, 0.6) is 0 Å². The molecule has 0 radical (unpaired) electrons. The number of rotatable bonds is 4. The third-order valence-electron chi connectivity index (χ3n) is 5.70. The molecule has 1 saturated heterocycles. The zero-order valence-corrected chi connectivity index (χ0v) is 17.2. The summed E-state index contributed by atoms with van der Waals surface area (Å²) in [5.41, 5.74) is 7.47. The van der Waals surface area contributed by atoms with E-state index in [0.29, 0.717) is 12.8 Å². The van der Waals surface area contributed by atoms with Crippen molar-refractivity contribution in [2.75, 3.05) is 6.61 Å². The van der Waals surface area contributed by atoms with Crippen molar-refractivity contribution in [3.8, 4) is 11.1 Å². The van der Waals surface area contributed by atoms with Gasteiger partial charge in [-0.25, -0.2) is 0 Å². The first kappa shape index (κ1) is 19.5. The largest absolute Gasteiger partial charge is 0.394 e. The van der Waals surface area contributed by atoms with Gasteiger partial charge in [0.05, 0.1) is 24.9 Å². The molecular weight excluding hydrogens is 367 g/mol. The zero-order valence-electron chi connectivity index (χ0n) is 16.1. The molecule has 5 unspecified atom stereocenters. The van der Waals surface area contributed by atoms with Gasteiger partial charge in [0.25, 0.3) is 0 Å². The molecule has 2 N–H and O–H groups in total. The lowest BCUT2D eigenvalue weighted by molar-refractivity contribution is -0.113. The van der Waals surface area contributed by atoms with E-state index >= 15 is 0 Å². The maximum atomic E-state index is 10.2. The van der Waals surface area contributed by atoms with Gasteiger partial charge in [-0.3, -0.25) is 0 Å². The highest BCUT2D eigenvalue weighted by atomic mass is 31.0. The molecule has 1 heterocycles. The molecular formula is C24H27O3P. The molecule has 1 fully saturated rings. The van der Waals surface area contributed by atoms with E-state index in [9.17, 15) is 10.2 Å². The van der Waals surface area contributed by atoms with Crippen molar-refractivity contribution < 1.29 is 14.9 Å². The topological polar surface area (TPSA) is 49.7 Å². The van der Waals surface area contributed by atoms with E-state index < -0.39 is 6.10 Å². The van der Waals surface area contributed by atoms with Crippen LogP contribution in [0.1, 0.15) is 46.9 Å². The fraction of sp³-hybridized carbons (Fsp3) is 0.333. The molecule has 0 spiro atoms. The van der Waals surface area contributed by atoms with Crippen molar-refractivity contribution in [2.24, 2.45) is 0 Å². The number of aliphatic hydroxyl groups excluding tert-OH is 2. The van der Waals surface area contributed by atoms with Crippen molar-refractivity contribution in [1.82, 2.24) is 0 Å². The third-order valence-corrected chi connectivity index (χ3v) is 6.45. The maximum Gasteiger partial charge on any atom is 0.0854 e. The molecule has 0 saturated carbocycles. The first-order valence-electron chi connectivity index (χ1n) is 9.84. The Balaban J connectivity index is 1.66.